The van der Waals surface area contributed by atoms with Crippen LogP contribution >= 0.6 is 0 Å². The molecule has 10 N–H and O–H groups in total. The first-order valence-electron chi connectivity index (χ1n) is 12.9. The predicted molar refractivity (Wildman–Crippen MR) is 141 cm³/mol. The zero-order chi connectivity index (χ0) is 30.7. The van der Waals surface area contributed by atoms with Crippen LogP contribution in [-0.4, -0.2) is 121 Å². The van der Waals surface area contributed by atoms with Gasteiger partial charge in [0.2, 0.25) is 5.78 Å². The van der Waals surface area contributed by atoms with E-state index in [4.69, 9.17) is 0 Å². The van der Waals surface area contributed by atoms with Gasteiger partial charge in [0.25, 0.3) is 5.91 Å². The molecule has 0 bridgehead atoms. The van der Waals surface area contributed by atoms with Gasteiger partial charge in [-0.1, -0.05) is 12.1 Å². The molecule has 1 saturated carbocycles. The second-order valence-corrected chi connectivity index (χ2v) is 11.2. The van der Waals surface area contributed by atoms with Gasteiger partial charge in [-0.3, -0.25) is 24.6 Å². The lowest BCUT2D eigenvalue weighted by Crippen LogP contribution is -2.67. The average Bonchev–Trinajstić information content (AvgIpc) is 2.92. The van der Waals surface area contributed by atoms with Crippen LogP contribution in [0.25, 0.3) is 5.76 Å². The Balaban J connectivity index is 1.83. The number of aliphatic hydroxyl groups excluding tert-OH is 5. The maximum atomic E-state index is 14.0. The van der Waals surface area contributed by atoms with Crippen molar-refractivity contribution < 1.29 is 55.2 Å². The summed E-state index contributed by atoms with van der Waals surface area (Å²) in [6.07, 6.45) is -0.273. The number of nitrogens with zero attached hydrogens (tertiary/aromatic N) is 1. The molecule has 224 valence electrons. The fourth-order valence-corrected chi connectivity index (χ4v) is 6.20. The molecule has 0 spiro atoms. The Labute approximate surface area is 234 Å². The van der Waals surface area contributed by atoms with Crippen molar-refractivity contribution in [1.29, 1.82) is 0 Å². The summed E-state index contributed by atoms with van der Waals surface area (Å²) < 4.78 is 0. The van der Waals surface area contributed by atoms with E-state index in [0.29, 0.717) is 0 Å². The summed E-state index contributed by atoms with van der Waals surface area (Å²) in [7, 11) is 2.94. The molecule has 0 saturated heterocycles. The highest BCUT2D eigenvalue weighted by Crippen LogP contribution is 2.57. The third-order valence-corrected chi connectivity index (χ3v) is 8.62. The SMILES string of the molecule is CN(C)[C@@H]1C(=O)C(C(=O)NCNC(CO)(CO)CO)=C(O)[C@@]2(O)C(=O)C3=C(O)c4c(O)cccc4[C@](C)(O)[C@H]3C[C@@H]12. The minimum absolute atomic E-state index is 0.127. The molecule has 1 aromatic carbocycles. The lowest BCUT2D eigenvalue weighted by molar-refractivity contribution is -0.159. The van der Waals surface area contributed by atoms with Crippen LogP contribution in [-0.2, 0) is 20.0 Å². The fourth-order valence-electron chi connectivity index (χ4n) is 6.20. The highest BCUT2D eigenvalue weighted by Gasteiger charge is 2.66. The number of phenolic OH excluding ortho intramolecular Hbond substituents is 1. The minimum Gasteiger partial charge on any atom is -0.508 e. The van der Waals surface area contributed by atoms with Crippen molar-refractivity contribution in [1.82, 2.24) is 15.5 Å². The number of rotatable bonds is 8. The van der Waals surface area contributed by atoms with Crippen LogP contribution in [0.5, 0.6) is 5.75 Å². The topological polar surface area (TPSA) is 240 Å². The number of carbonyl (C=O) groups is 3. The zero-order valence-electron chi connectivity index (χ0n) is 22.7. The van der Waals surface area contributed by atoms with Gasteiger partial charge in [0, 0.05) is 17.4 Å². The summed E-state index contributed by atoms with van der Waals surface area (Å²) in [5.74, 6) is -8.26. The standard InChI is InChI=1S/C27H35N3O11/c1-25(40)12-5-4-6-15(34)16(12)20(35)17-13(25)7-14-19(30(2)3)21(36)18(23(38)27(14,41)22(17)37)24(39)28-11-29-26(8-31,9-32)10-33/h4-6,13-14,19,29,31-35,38,40-41H,7-11H2,1-3H3,(H,28,39)/t13-,14-,19-,25-,27-/m0/s1. The largest absolute Gasteiger partial charge is 0.508 e. The number of benzene rings is 1. The maximum absolute atomic E-state index is 14.0. The van der Waals surface area contributed by atoms with E-state index in [9.17, 15) is 55.2 Å². The zero-order valence-corrected chi connectivity index (χ0v) is 22.7. The van der Waals surface area contributed by atoms with Gasteiger partial charge in [-0.15, -0.1) is 0 Å². The van der Waals surface area contributed by atoms with E-state index in [1.165, 1.54) is 44.1 Å². The van der Waals surface area contributed by atoms with E-state index in [1.54, 1.807) is 0 Å². The van der Waals surface area contributed by atoms with E-state index in [2.05, 4.69) is 10.6 Å². The predicted octanol–water partition coefficient (Wildman–Crippen LogP) is -2.48. The minimum atomic E-state index is -2.87. The summed E-state index contributed by atoms with van der Waals surface area (Å²) in [5, 5.41) is 89.5. The Morgan fingerprint density at radius 1 is 1.07 bits per heavy atom. The smallest absolute Gasteiger partial charge is 0.259 e. The van der Waals surface area contributed by atoms with Gasteiger partial charge in [0.15, 0.2) is 11.4 Å². The summed E-state index contributed by atoms with van der Waals surface area (Å²) in [5.41, 5.74) is -7.77. The maximum Gasteiger partial charge on any atom is 0.259 e. The number of ketones is 2. The van der Waals surface area contributed by atoms with E-state index >= 15 is 0 Å². The summed E-state index contributed by atoms with van der Waals surface area (Å²) >= 11 is 0. The molecule has 5 atom stereocenters. The van der Waals surface area contributed by atoms with Gasteiger partial charge in [0.05, 0.1) is 49.2 Å². The number of hydrogen-bond acceptors (Lipinski definition) is 13. The van der Waals surface area contributed by atoms with Crippen LogP contribution in [0.4, 0.5) is 0 Å². The number of aromatic hydroxyl groups is 1. The number of amides is 1. The molecule has 3 aliphatic rings. The van der Waals surface area contributed by atoms with Crippen molar-refractivity contribution in [2.45, 2.75) is 36.1 Å². The molecule has 4 rings (SSSR count). The molecule has 1 aromatic rings. The van der Waals surface area contributed by atoms with Crippen LogP contribution in [0.3, 0.4) is 0 Å². The lowest BCUT2D eigenvalue weighted by Gasteiger charge is -2.53. The van der Waals surface area contributed by atoms with Crippen LogP contribution in [0.15, 0.2) is 35.1 Å². The molecule has 0 heterocycles. The third-order valence-electron chi connectivity index (χ3n) is 8.62. The second-order valence-electron chi connectivity index (χ2n) is 11.2. The van der Waals surface area contributed by atoms with Gasteiger partial charge in [-0.2, -0.15) is 0 Å². The molecule has 3 aliphatic carbocycles. The molecule has 14 nitrogen and oxygen atoms in total. The average molecular weight is 578 g/mol. The van der Waals surface area contributed by atoms with Crippen molar-refractivity contribution in [2.24, 2.45) is 11.8 Å². The van der Waals surface area contributed by atoms with Gasteiger partial charge >= 0.3 is 0 Å². The quantitative estimate of drug-likeness (QED) is 0.114. The number of carbonyl (C=O) groups excluding carboxylic acids is 3. The van der Waals surface area contributed by atoms with Crippen LogP contribution in [0.2, 0.25) is 0 Å². The lowest BCUT2D eigenvalue weighted by atomic mass is 9.54. The first-order valence-corrected chi connectivity index (χ1v) is 12.9. The Bertz CT molecular complexity index is 1340. The van der Waals surface area contributed by atoms with Crippen LogP contribution in [0.1, 0.15) is 24.5 Å². The molecule has 14 heteroatoms. The number of Topliss-reactive ketones (excluding diaryl/α,β-unsaturated/α-hetero) is 2. The number of fused-ring (bicyclic) bond motifs is 3. The highest BCUT2D eigenvalue weighted by atomic mass is 16.4. The molecule has 1 fully saturated rings. The Kier molecular flexibility index (Phi) is 7.81. The van der Waals surface area contributed by atoms with Crippen molar-refractivity contribution in [3.8, 4) is 5.75 Å². The molecule has 0 aliphatic heterocycles. The van der Waals surface area contributed by atoms with Gasteiger partial charge < -0.3 is 46.2 Å². The molecule has 0 unspecified atom stereocenters. The number of phenols is 1. The second kappa shape index (κ2) is 10.5. The first kappa shape index (κ1) is 30.6. The van der Waals surface area contributed by atoms with Crippen LogP contribution < -0.4 is 10.6 Å². The van der Waals surface area contributed by atoms with Gasteiger partial charge in [-0.25, -0.2) is 0 Å². The summed E-state index contributed by atoms with van der Waals surface area (Å²) in [6.45, 7) is -1.24. The molecular weight excluding hydrogens is 542 g/mol. The van der Waals surface area contributed by atoms with Gasteiger partial charge in [-0.05, 0) is 39.1 Å². The molecule has 41 heavy (non-hydrogen) atoms. The van der Waals surface area contributed by atoms with E-state index in [1.807, 2.05) is 0 Å². The van der Waals surface area contributed by atoms with Crippen molar-refractivity contribution >= 4 is 23.2 Å². The van der Waals surface area contributed by atoms with Crippen molar-refractivity contribution in [2.75, 3.05) is 40.6 Å². The normalized spacial score (nSPS) is 29.8. The van der Waals surface area contributed by atoms with E-state index < -0.39 is 107 Å². The number of likely N-dealkylation sites (N-methyl/N-ethyl adjacent to an activating group) is 1. The van der Waals surface area contributed by atoms with Crippen molar-refractivity contribution in [3.05, 3.63) is 46.2 Å². The first-order chi connectivity index (χ1) is 19.1. The van der Waals surface area contributed by atoms with E-state index in [0.717, 1.165) is 0 Å². The highest BCUT2D eigenvalue weighted by molar-refractivity contribution is 6.25. The van der Waals surface area contributed by atoms with Gasteiger partial charge in [0.1, 0.15) is 22.8 Å². The Morgan fingerprint density at radius 2 is 1.68 bits per heavy atom. The summed E-state index contributed by atoms with van der Waals surface area (Å²) in [4.78, 5) is 42.2. The Hall–Kier alpha value is -3.37. The fraction of sp³-hybridized carbons (Fsp3) is 0.519. The van der Waals surface area contributed by atoms with Crippen molar-refractivity contribution in [3.63, 3.8) is 0 Å². The molecule has 0 aromatic heterocycles. The Morgan fingerprint density at radius 3 is 2.24 bits per heavy atom. The monoisotopic (exact) mass is 577 g/mol. The van der Waals surface area contributed by atoms with Crippen LogP contribution in [0, 0.1) is 11.8 Å². The number of nitrogens with one attached hydrogen (secondary N) is 2. The third kappa shape index (κ3) is 4.34. The molecular formula is C27H35N3O11. The molecule has 0 radical (unpaired) electrons. The molecule has 1 amide bonds. The number of hydrogen-bond donors (Lipinski definition) is 10. The number of aliphatic hydroxyl groups is 7. The van der Waals surface area contributed by atoms with E-state index in [-0.39, 0.29) is 17.5 Å². The summed E-state index contributed by atoms with van der Waals surface area (Å²) in [6, 6.07) is 2.83.